The minimum Gasteiger partial charge on any atom is -0.422 e. The van der Waals surface area contributed by atoms with E-state index in [-0.39, 0.29) is 17.9 Å². The van der Waals surface area contributed by atoms with Crippen molar-refractivity contribution in [1.82, 2.24) is 15.1 Å². The van der Waals surface area contributed by atoms with Crippen molar-refractivity contribution in [3.63, 3.8) is 0 Å². The molecule has 7 heteroatoms. The number of benzene rings is 1. The maximum Gasteiger partial charge on any atom is 0.254 e. The smallest absolute Gasteiger partial charge is 0.254 e. The number of carbonyl (C=O) groups excluding carboxylic acids is 1. The highest BCUT2D eigenvalue weighted by atomic mass is 16.5. The van der Waals surface area contributed by atoms with E-state index in [0.29, 0.717) is 37.0 Å². The van der Waals surface area contributed by atoms with Crippen LogP contribution in [0.1, 0.15) is 48.0 Å². The van der Waals surface area contributed by atoms with Gasteiger partial charge in [-0.2, -0.15) is 0 Å². The Bertz CT molecular complexity index is 741. The van der Waals surface area contributed by atoms with Crippen LogP contribution in [-0.2, 0) is 4.74 Å². The van der Waals surface area contributed by atoms with Crippen molar-refractivity contribution in [2.24, 2.45) is 0 Å². The van der Waals surface area contributed by atoms with Gasteiger partial charge in [-0.3, -0.25) is 4.79 Å². The molecule has 1 aromatic carbocycles. The van der Waals surface area contributed by atoms with Crippen LogP contribution in [0.4, 0.5) is 5.69 Å². The van der Waals surface area contributed by atoms with Crippen molar-refractivity contribution in [1.29, 1.82) is 0 Å². The molecule has 134 valence electrons. The first kappa shape index (κ1) is 17.4. The number of rotatable bonds is 4. The maximum absolute atomic E-state index is 12.9. The predicted molar refractivity (Wildman–Crippen MR) is 93.8 cm³/mol. The lowest BCUT2D eigenvalue weighted by Gasteiger charge is -2.31. The molecule has 1 unspecified atom stereocenters. The van der Waals surface area contributed by atoms with E-state index in [2.05, 4.69) is 10.2 Å². The number of anilines is 1. The topological polar surface area (TPSA) is 71.7 Å². The van der Waals surface area contributed by atoms with Gasteiger partial charge in [0.05, 0.1) is 13.2 Å². The molecule has 0 bridgehead atoms. The summed E-state index contributed by atoms with van der Waals surface area (Å²) in [5, 5.41) is 8.12. The Morgan fingerprint density at radius 3 is 2.80 bits per heavy atom. The zero-order valence-electron chi connectivity index (χ0n) is 15.1. The Labute approximate surface area is 147 Å². The van der Waals surface area contributed by atoms with Crippen LogP contribution in [0.5, 0.6) is 0 Å². The summed E-state index contributed by atoms with van der Waals surface area (Å²) in [5.74, 6) is 1.17. The molecule has 0 N–H and O–H groups in total. The van der Waals surface area contributed by atoms with Gasteiger partial charge >= 0.3 is 0 Å². The lowest BCUT2D eigenvalue weighted by atomic mass is 10.1. The lowest BCUT2D eigenvalue weighted by molar-refractivity contribution is -0.0351. The minimum atomic E-state index is -0.380. The highest BCUT2D eigenvalue weighted by Crippen LogP contribution is 2.25. The van der Waals surface area contributed by atoms with Gasteiger partial charge in [-0.1, -0.05) is 19.9 Å². The van der Waals surface area contributed by atoms with Gasteiger partial charge in [0.1, 0.15) is 0 Å². The van der Waals surface area contributed by atoms with Crippen molar-refractivity contribution >= 4 is 11.6 Å². The van der Waals surface area contributed by atoms with Gasteiger partial charge < -0.3 is 19.0 Å². The Balaban J connectivity index is 1.74. The van der Waals surface area contributed by atoms with Crippen LogP contribution in [0.2, 0.25) is 0 Å². The number of nitrogens with zero attached hydrogens (tertiary/aromatic N) is 4. The Morgan fingerprint density at radius 1 is 1.32 bits per heavy atom. The second kappa shape index (κ2) is 7.23. The molecule has 7 nitrogen and oxygen atoms in total. The molecule has 2 aromatic rings. The Kier molecular flexibility index (Phi) is 5.03. The first-order chi connectivity index (χ1) is 12.0. The van der Waals surface area contributed by atoms with E-state index in [1.54, 1.807) is 4.90 Å². The summed E-state index contributed by atoms with van der Waals surface area (Å²) in [6, 6.07) is 7.61. The minimum absolute atomic E-state index is 0.0133. The van der Waals surface area contributed by atoms with Gasteiger partial charge in [0.25, 0.3) is 5.91 Å². The number of amides is 1. The number of ether oxygens (including phenoxy) is 1. The second-order valence-electron chi connectivity index (χ2n) is 6.69. The first-order valence-corrected chi connectivity index (χ1v) is 8.47. The molecule has 1 amide bonds. The van der Waals surface area contributed by atoms with E-state index >= 15 is 0 Å². The van der Waals surface area contributed by atoms with E-state index in [9.17, 15) is 4.79 Å². The van der Waals surface area contributed by atoms with Gasteiger partial charge in [0.2, 0.25) is 11.8 Å². The summed E-state index contributed by atoms with van der Waals surface area (Å²) in [6.45, 7) is 5.39. The third-order valence-corrected chi connectivity index (χ3v) is 4.19. The van der Waals surface area contributed by atoms with Gasteiger partial charge in [0, 0.05) is 37.8 Å². The SMILES string of the molecule is CC(C)c1nnc(C2CN(C(=O)c3cccc(N(C)C)c3)CCO2)o1. The molecule has 0 saturated carbocycles. The average molecular weight is 344 g/mol. The fraction of sp³-hybridized carbons (Fsp3) is 0.500. The molecular weight excluding hydrogens is 320 g/mol. The third kappa shape index (κ3) is 3.82. The summed E-state index contributed by atoms with van der Waals surface area (Å²) in [5.41, 5.74) is 1.66. The van der Waals surface area contributed by atoms with E-state index in [4.69, 9.17) is 9.15 Å². The summed E-state index contributed by atoms with van der Waals surface area (Å²) in [7, 11) is 3.91. The number of aromatic nitrogens is 2. The van der Waals surface area contributed by atoms with Crippen LogP contribution in [0, 0.1) is 0 Å². The second-order valence-corrected chi connectivity index (χ2v) is 6.69. The molecule has 2 heterocycles. The fourth-order valence-corrected chi connectivity index (χ4v) is 2.69. The number of carbonyl (C=O) groups is 1. The van der Waals surface area contributed by atoms with Crippen LogP contribution in [0.25, 0.3) is 0 Å². The quantitative estimate of drug-likeness (QED) is 0.848. The maximum atomic E-state index is 12.9. The molecule has 25 heavy (non-hydrogen) atoms. The zero-order chi connectivity index (χ0) is 18.0. The predicted octanol–water partition coefficient (Wildman–Crippen LogP) is 2.47. The fourth-order valence-electron chi connectivity index (χ4n) is 2.69. The summed E-state index contributed by atoms with van der Waals surface area (Å²) < 4.78 is 11.4. The molecule has 3 rings (SSSR count). The molecule has 1 aromatic heterocycles. The molecule has 1 saturated heterocycles. The normalized spacial score (nSPS) is 17.8. The van der Waals surface area contributed by atoms with Crippen LogP contribution >= 0.6 is 0 Å². The summed E-state index contributed by atoms with van der Waals surface area (Å²) >= 11 is 0. The molecule has 0 spiro atoms. The molecular formula is C18H24N4O3. The van der Waals surface area contributed by atoms with Crippen molar-refractivity contribution in [3.8, 4) is 0 Å². The van der Waals surface area contributed by atoms with Crippen LogP contribution in [0.15, 0.2) is 28.7 Å². The molecule has 0 radical (unpaired) electrons. The van der Waals surface area contributed by atoms with Crippen molar-refractivity contribution < 1.29 is 13.9 Å². The number of hydrogen-bond acceptors (Lipinski definition) is 6. The van der Waals surface area contributed by atoms with Crippen LogP contribution < -0.4 is 4.90 Å². The van der Waals surface area contributed by atoms with Crippen molar-refractivity contribution in [3.05, 3.63) is 41.6 Å². The number of hydrogen-bond donors (Lipinski definition) is 0. The average Bonchev–Trinajstić information content (AvgIpc) is 3.12. The highest BCUT2D eigenvalue weighted by molar-refractivity contribution is 5.95. The van der Waals surface area contributed by atoms with E-state index < -0.39 is 0 Å². The van der Waals surface area contributed by atoms with Crippen molar-refractivity contribution in [2.75, 3.05) is 38.7 Å². The van der Waals surface area contributed by atoms with E-state index in [1.807, 2.05) is 57.1 Å². The molecule has 1 atom stereocenters. The largest absolute Gasteiger partial charge is 0.422 e. The van der Waals surface area contributed by atoms with Gasteiger partial charge in [0.15, 0.2) is 6.10 Å². The summed E-state index contributed by atoms with van der Waals surface area (Å²) in [4.78, 5) is 16.6. The Morgan fingerprint density at radius 2 is 2.12 bits per heavy atom. The molecule has 1 aliphatic rings. The van der Waals surface area contributed by atoms with E-state index in [1.165, 1.54) is 0 Å². The van der Waals surface area contributed by atoms with E-state index in [0.717, 1.165) is 5.69 Å². The molecule has 0 aliphatic carbocycles. The van der Waals surface area contributed by atoms with Crippen LogP contribution in [-0.4, -0.2) is 54.8 Å². The first-order valence-electron chi connectivity index (χ1n) is 8.47. The number of morpholine rings is 1. The molecule has 1 aliphatic heterocycles. The standard InChI is InChI=1S/C18H24N4O3/c1-12(2)16-19-20-17(25-16)15-11-22(8-9-24-15)18(23)13-6-5-7-14(10-13)21(3)4/h5-7,10,12,15H,8-9,11H2,1-4H3. The third-order valence-electron chi connectivity index (χ3n) is 4.19. The Hall–Kier alpha value is -2.41. The van der Waals surface area contributed by atoms with Crippen LogP contribution in [0.3, 0.4) is 0 Å². The molecule has 1 fully saturated rings. The van der Waals surface area contributed by atoms with Gasteiger partial charge in [-0.05, 0) is 18.2 Å². The monoisotopic (exact) mass is 344 g/mol. The van der Waals surface area contributed by atoms with Gasteiger partial charge in [-0.25, -0.2) is 0 Å². The summed E-state index contributed by atoms with van der Waals surface area (Å²) in [6.07, 6.45) is -0.380. The zero-order valence-corrected chi connectivity index (χ0v) is 15.1. The van der Waals surface area contributed by atoms with Gasteiger partial charge in [-0.15, -0.1) is 10.2 Å². The highest BCUT2D eigenvalue weighted by Gasteiger charge is 2.30. The lowest BCUT2D eigenvalue weighted by Crippen LogP contribution is -2.42. The van der Waals surface area contributed by atoms with Crippen molar-refractivity contribution in [2.45, 2.75) is 25.9 Å².